The molecule has 1 aliphatic heterocycles. The van der Waals surface area contributed by atoms with Gasteiger partial charge in [-0.25, -0.2) is 4.79 Å². The summed E-state index contributed by atoms with van der Waals surface area (Å²) in [4.78, 5) is 17.6. The van der Waals surface area contributed by atoms with Crippen LogP contribution in [-0.2, 0) is 0 Å². The lowest BCUT2D eigenvalue weighted by Gasteiger charge is -2.37. The minimum Gasteiger partial charge on any atom is -0.486 e. The number of pyridine rings is 1. The molecule has 1 saturated heterocycles. The maximum Gasteiger partial charge on any atom is 0.312 e. The van der Waals surface area contributed by atoms with Crippen LogP contribution >= 0.6 is 0 Å². The molecule has 1 aromatic rings. The normalized spacial score (nSPS) is 31.7. The highest BCUT2D eigenvalue weighted by Gasteiger charge is 2.47. The van der Waals surface area contributed by atoms with Gasteiger partial charge in [0.25, 0.3) is 0 Å². The quantitative estimate of drug-likeness (QED) is 0.749. The van der Waals surface area contributed by atoms with E-state index in [1.165, 1.54) is 6.42 Å². The van der Waals surface area contributed by atoms with E-state index >= 15 is 0 Å². The second-order valence-corrected chi connectivity index (χ2v) is 6.27. The Kier molecular flexibility index (Phi) is 4.97. The highest BCUT2D eigenvalue weighted by molar-refractivity contribution is 5.72. The number of aliphatic hydroxyl groups is 1. The second kappa shape index (κ2) is 7.14. The number of nitrogens with zero attached hydrogens (tertiary/aromatic N) is 2. The van der Waals surface area contributed by atoms with Gasteiger partial charge in [0.1, 0.15) is 18.0 Å². The van der Waals surface area contributed by atoms with E-state index in [1.807, 2.05) is 6.07 Å². The summed E-state index contributed by atoms with van der Waals surface area (Å²) in [5, 5.41) is 13.5. The van der Waals surface area contributed by atoms with E-state index in [0.29, 0.717) is 12.2 Å². The van der Waals surface area contributed by atoms with Crippen LogP contribution in [0.15, 0.2) is 24.5 Å². The molecule has 2 fully saturated rings. The van der Waals surface area contributed by atoms with E-state index in [1.54, 1.807) is 18.5 Å². The molecule has 3 rings (SSSR count). The number of amides is 2. The number of piperidine rings is 1. The number of ether oxygens (including phenoxy) is 1. The summed E-state index contributed by atoms with van der Waals surface area (Å²) in [5.74, 6) is 0.619. The SMILES string of the molecule is NC(=O)N[C@@H]1C[C@@H](Oc2cccnc2)[C@H](O)[C@H]1N1CCCCC1. The Morgan fingerprint density at radius 2 is 2.17 bits per heavy atom. The first kappa shape index (κ1) is 16.0. The highest BCUT2D eigenvalue weighted by atomic mass is 16.5. The average Bonchev–Trinajstić information content (AvgIpc) is 2.84. The summed E-state index contributed by atoms with van der Waals surface area (Å²) in [6.07, 6.45) is 6.20. The fourth-order valence-electron chi connectivity index (χ4n) is 3.71. The monoisotopic (exact) mass is 320 g/mol. The molecule has 1 aromatic heterocycles. The van der Waals surface area contributed by atoms with Crippen molar-refractivity contribution in [2.45, 2.75) is 50.0 Å². The number of nitrogens with one attached hydrogen (secondary N) is 1. The molecule has 126 valence electrons. The minimum atomic E-state index is -0.676. The first-order chi connectivity index (χ1) is 11.1. The van der Waals surface area contributed by atoms with E-state index in [9.17, 15) is 9.90 Å². The van der Waals surface area contributed by atoms with E-state index in [-0.39, 0.29) is 18.2 Å². The molecule has 2 heterocycles. The van der Waals surface area contributed by atoms with Gasteiger partial charge in [-0.1, -0.05) is 6.42 Å². The molecule has 4 N–H and O–H groups in total. The lowest BCUT2D eigenvalue weighted by atomic mass is 10.0. The molecule has 2 aliphatic rings. The Morgan fingerprint density at radius 3 is 2.83 bits per heavy atom. The molecule has 7 heteroatoms. The van der Waals surface area contributed by atoms with Gasteiger partial charge in [0.2, 0.25) is 0 Å². The zero-order chi connectivity index (χ0) is 16.2. The molecule has 0 unspecified atom stereocenters. The number of carbonyl (C=O) groups is 1. The Bertz CT molecular complexity index is 521. The van der Waals surface area contributed by atoms with Gasteiger partial charge in [-0.15, -0.1) is 0 Å². The first-order valence-corrected chi connectivity index (χ1v) is 8.20. The molecule has 4 atom stereocenters. The summed E-state index contributed by atoms with van der Waals surface area (Å²) in [7, 11) is 0. The Morgan fingerprint density at radius 1 is 1.39 bits per heavy atom. The summed E-state index contributed by atoms with van der Waals surface area (Å²) >= 11 is 0. The van der Waals surface area contributed by atoms with Crippen LogP contribution < -0.4 is 15.8 Å². The number of primary amides is 1. The summed E-state index contributed by atoms with van der Waals surface area (Å²) in [5.41, 5.74) is 5.31. The molecule has 0 radical (unpaired) electrons. The standard InChI is InChI=1S/C16H24N4O3/c17-16(22)19-12-9-13(23-11-5-4-6-18-10-11)15(21)14(12)20-7-2-1-3-8-20/h4-6,10,12-15,21H,1-3,7-9H2,(H3,17,19,22)/t12-,13-,14+,15+/m1/s1. The van der Waals surface area contributed by atoms with Gasteiger partial charge >= 0.3 is 6.03 Å². The second-order valence-electron chi connectivity index (χ2n) is 6.27. The van der Waals surface area contributed by atoms with Crippen molar-refractivity contribution in [1.82, 2.24) is 15.2 Å². The number of aliphatic hydroxyl groups excluding tert-OH is 1. The van der Waals surface area contributed by atoms with Gasteiger partial charge in [0.05, 0.1) is 18.3 Å². The molecule has 0 bridgehead atoms. The van der Waals surface area contributed by atoms with Crippen molar-refractivity contribution in [1.29, 1.82) is 0 Å². The number of rotatable bonds is 4. The van der Waals surface area contributed by atoms with E-state index in [2.05, 4.69) is 15.2 Å². The predicted molar refractivity (Wildman–Crippen MR) is 85.0 cm³/mol. The van der Waals surface area contributed by atoms with Crippen molar-refractivity contribution in [2.24, 2.45) is 5.73 Å². The third-order valence-electron chi connectivity index (χ3n) is 4.69. The van der Waals surface area contributed by atoms with E-state index in [0.717, 1.165) is 25.9 Å². The van der Waals surface area contributed by atoms with Crippen LogP contribution in [0.2, 0.25) is 0 Å². The van der Waals surface area contributed by atoms with Crippen LogP contribution in [0.1, 0.15) is 25.7 Å². The maximum atomic E-state index is 11.3. The van der Waals surface area contributed by atoms with Crippen LogP contribution in [-0.4, -0.2) is 58.4 Å². The van der Waals surface area contributed by atoms with Crippen molar-refractivity contribution in [2.75, 3.05) is 13.1 Å². The lowest BCUT2D eigenvalue weighted by Crippen LogP contribution is -2.55. The Labute approximate surface area is 135 Å². The molecule has 1 aliphatic carbocycles. The van der Waals surface area contributed by atoms with Gasteiger partial charge in [-0.3, -0.25) is 9.88 Å². The summed E-state index contributed by atoms with van der Waals surface area (Å²) in [6.45, 7) is 1.86. The van der Waals surface area contributed by atoms with Gasteiger partial charge < -0.3 is 20.9 Å². The van der Waals surface area contributed by atoms with E-state index < -0.39 is 12.1 Å². The van der Waals surface area contributed by atoms with Crippen molar-refractivity contribution in [3.05, 3.63) is 24.5 Å². The first-order valence-electron chi connectivity index (χ1n) is 8.20. The summed E-state index contributed by atoms with van der Waals surface area (Å²) < 4.78 is 5.89. The topological polar surface area (TPSA) is 101 Å². The van der Waals surface area contributed by atoms with Crippen LogP contribution in [0.4, 0.5) is 4.79 Å². The van der Waals surface area contributed by atoms with Gasteiger partial charge in [-0.2, -0.15) is 0 Å². The van der Waals surface area contributed by atoms with Gasteiger partial charge in [-0.05, 0) is 38.1 Å². The largest absolute Gasteiger partial charge is 0.486 e. The number of urea groups is 1. The number of hydrogen-bond acceptors (Lipinski definition) is 5. The van der Waals surface area contributed by atoms with Crippen molar-refractivity contribution in [3.8, 4) is 5.75 Å². The van der Waals surface area contributed by atoms with Crippen LogP contribution in [0.3, 0.4) is 0 Å². The predicted octanol–water partition coefficient (Wildman–Crippen LogP) is 0.485. The van der Waals surface area contributed by atoms with Gasteiger partial charge in [0.15, 0.2) is 0 Å². The fourth-order valence-corrected chi connectivity index (χ4v) is 3.71. The molecular weight excluding hydrogens is 296 g/mol. The zero-order valence-corrected chi connectivity index (χ0v) is 13.1. The smallest absolute Gasteiger partial charge is 0.312 e. The minimum absolute atomic E-state index is 0.163. The molecule has 1 saturated carbocycles. The Balaban J connectivity index is 1.73. The molecule has 2 amide bonds. The molecular formula is C16H24N4O3. The van der Waals surface area contributed by atoms with Gasteiger partial charge in [0, 0.05) is 12.6 Å². The van der Waals surface area contributed by atoms with Crippen LogP contribution in [0.5, 0.6) is 5.75 Å². The number of hydrogen-bond donors (Lipinski definition) is 3. The average molecular weight is 320 g/mol. The maximum absolute atomic E-state index is 11.3. The molecule has 0 spiro atoms. The fraction of sp³-hybridized carbons (Fsp3) is 0.625. The molecule has 23 heavy (non-hydrogen) atoms. The van der Waals surface area contributed by atoms with Crippen molar-refractivity contribution in [3.63, 3.8) is 0 Å². The molecule has 7 nitrogen and oxygen atoms in total. The Hall–Kier alpha value is -1.86. The van der Waals surface area contributed by atoms with E-state index in [4.69, 9.17) is 10.5 Å². The zero-order valence-electron chi connectivity index (χ0n) is 13.1. The highest BCUT2D eigenvalue weighted by Crippen LogP contribution is 2.30. The third kappa shape index (κ3) is 3.73. The third-order valence-corrected chi connectivity index (χ3v) is 4.69. The summed E-state index contributed by atoms with van der Waals surface area (Å²) in [6, 6.07) is 2.67. The number of likely N-dealkylation sites (tertiary alicyclic amines) is 1. The number of aromatic nitrogens is 1. The van der Waals surface area contributed by atoms with Crippen molar-refractivity contribution >= 4 is 6.03 Å². The van der Waals surface area contributed by atoms with Crippen molar-refractivity contribution < 1.29 is 14.6 Å². The van der Waals surface area contributed by atoms with Crippen LogP contribution in [0, 0.1) is 0 Å². The number of nitrogens with two attached hydrogens (primary N) is 1. The molecule has 0 aromatic carbocycles. The number of carbonyl (C=O) groups excluding carboxylic acids is 1. The van der Waals surface area contributed by atoms with Crippen LogP contribution in [0.25, 0.3) is 0 Å². The lowest BCUT2D eigenvalue weighted by molar-refractivity contribution is 0.00177.